The van der Waals surface area contributed by atoms with Crippen molar-refractivity contribution in [3.8, 4) is 5.75 Å². The van der Waals surface area contributed by atoms with Crippen molar-refractivity contribution in [2.24, 2.45) is 5.92 Å². The Morgan fingerprint density at radius 2 is 1.89 bits per heavy atom. The van der Waals surface area contributed by atoms with E-state index in [1.54, 1.807) is 13.2 Å². The molecule has 2 aliphatic rings. The molecule has 0 radical (unpaired) electrons. The summed E-state index contributed by atoms with van der Waals surface area (Å²) in [4.78, 5) is 28.1. The Kier molecular flexibility index (Phi) is 8.61. The number of nitrogens with zero attached hydrogens (tertiary/aromatic N) is 1. The van der Waals surface area contributed by atoms with Gasteiger partial charge in [-0.05, 0) is 60.2 Å². The summed E-state index contributed by atoms with van der Waals surface area (Å²) in [6, 6.07) is 11.7. The summed E-state index contributed by atoms with van der Waals surface area (Å²) in [5.41, 5.74) is 2.92. The lowest BCUT2D eigenvalue weighted by Gasteiger charge is -2.27. The molecule has 7 heteroatoms. The van der Waals surface area contributed by atoms with Crippen molar-refractivity contribution in [1.82, 2.24) is 10.6 Å². The van der Waals surface area contributed by atoms with E-state index < -0.39 is 6.04 Å². The third-order valence-electron chi connectivity index (χ3n) is 7.18. The van der Waals surface area contributed by atoms with Gasteiger partial charge in [0.1, 0.15) is 17.6 Å². The first kappa shape index (κ1) is 25.0. The third kappa shape index (κ3) is 6.96. The predicted octanol–water partition coefficient (Wildman–Crippen LogP) is 4.01. The van der Waals surface area contributed by atoms with E-state index in [1.165, 1.54) is 25.3 Å². The van der Waals surface area contributed by atoms with Gasteiger partial charge in [-0.15, -0.1) is 0 Å². The van der Waals surface area contributed by atoms with E-state index in [2.05, 4.69) is 15.5 Å². The molecule has 1 saturated carbocycles. The van der Waals surface area contributed by atoms with E-state index >= 15 is 0 Å². The average molecular weight is 482 g/mol. The minimum Gasteiger partial charge on any atom is -0.497 e. The zero-order chi connectivity index (χ0) is 24.6. The number of benzene rings is 2. The molecule has 6 nitrogen and oxygen atoms in total. The highest BCUT2D eigenvalue weighted by atomic mass is 19.1. The molecule has 2 N–H and O–H groups in total. The van der Waals surface area contributed by atoms with Crippen molar-refractivity contribution >= 4 is 17.5 Å². The van der Waals surface area contributed by atoms with Gasteiger partial charge in [0.05, 0.1) is 13.5 Å². The molecule has 0 spiro atoms. The second kappa shape index (κ2) is 12.0. The van der Waals surface area contributed by atoms with Crippen LogP contribution in [0.3, 0.4) is 0 Å². The van der Waals surface area contributed by atoms with Crippen LogP contribution in [0, 0.1) is 11.7 Å². The van der Waals surface area contributed by atoms with E-state index in [0.29, 0.717) is 25.4 Å². The number of anilines is 1. The molecule has 2 amide bonds. The summed E-state index contributed by atoms with van der Waals surface area (Å²) < 4.78 is 18.7. The number of halogens is 1. The van der Waals surface area contributed by atoms with Crippen LogP contribution in [-0.2, 0) is 22.4 Å². The second-order valence-corrected chi connectivity index (χ2v) is 9.69. The Balaban J connectivity index is 1.32. The Morgan fingerprint density at radius 3 is 2.63 bits per heavy atom. The van der Waals surface area contributed by atoms with Gasteiger partial charge in [0.2, 0.25) is 11.8 Å². The Labute approximate surface area is 207 Å². The van der Waals surface area contributed by atoms with Crippen LogP contribution in [0.1, 0.15) is 49.7 Å². The molecule has 35 heavy (non-hydrogen) atoms. The number of nitrogens with one attached hydrogen (secondary N) is 2. The molecule has 1 heterocycles. The maximum Gasteiger partial charge on any atom is 0.242 e. The molecule has 4 rings (SSSR count). The Bertz CT molecular complexity index is 1010. The monoisotopic (exact) mass is 481 g/mol. The number of amides is 2. The SMILES string of the molecule is COc1ccc(CC(=O)NC(CC2CCCCC2)C(=O)NCCN2CCc3cc(F)ccc32)cc1. The molecule has 1 aliphatic heterocycles. The average Bonchev–Trinajstić information content (AvgIpc) is 3.26. The fourth-order valence-corrected chi connectivity index (χ4v) is 5.27. The number of hydrogen-bond acceptors (Lipinski definition) is 4. The van der Waals surface area contributed by atoms with Gasteiger partial charge in [-0.1, -0.05) is 44.2 Å². The van der Waals surface area contributed by atoms with Gasteiger partial charge in [-0.3, -0.25) is 9.59 Å². The fraction of sp³-hybridized carbons (Fsp3) is 0.500. The van der Waals surface area contributed by atoms with Crippen molar-refractivity contribution in [2.45, 2.75) is 57.4 Å². The molecule has 2 aromatic rings. The number of carbonyl (C=O) groups excluding carboxylic acids is 2. The summed E-state index contributed by atoms with van der Waals surface area (Å²) in [5, 5.41) is 6.04. The quantitative estimate of drug-likeness (QED) is 0.538. The molecule has 1 fully saturated rings. The lowest BCUT2D eigenvalue weighted by Crippen LogP contribution is -2.49. The van der Waals surface area contributed by atoms with Gasteiger partial charge >= 0.3 is 0 Å². The predicted molar refractivity (Wildman–Crippen MR) is 135 cm³/mol. The van der Waals surface area contributed by atoms with Crippen molar-refractivity contribution in [3.05, 3.63) is 59.4 Å². The molecular formula is C28H36FN3O3. The number of hydrogen-bond donors (Lipinski definition) is 2. The minimum absolute atomic E-state index is 0.128. The summed E-state index contributed by atoms with van der Waals surface area (Å²) >= 11 is 0. The molecule has 0 saturated heterocycles. The van der Waals surface area contributed by atoms with E-state index in [9.17, 15) is 14.0 Å². The van der Waals surface area contributed by atoms with E-state index in [1.807, 2.05) is 30.3 Å². The molecule has 1 atom stereocenters. The minimum atomic E-state index is -0.538. The summed E-state index contributed by atoms with van der Waals surface area (Å²) in [7, 11) is 1.61. The first-order chi connectivity index (χ1) is 17.0. The molecular weight excluding hydrogens is 445 g/mol. The molecule has 1 unspecified atom stereocenters. The van der Waals surface area contributed by atoms with Crippen LogP contribution in [0.25, 0.3) is 0 Å². The van der Waals surface area contributed by atoms with Crippen LogP contribution < -0.4 is 20.3 Å². The number of carbonyl (C=O) groups is 2. The Hall–Kier alpha value is -3.09. The maximum atomic E-state index is 13.5. The number of rotatable bonds is 10. The highest BCUT2D eigenvalue weighted by Gasteiger charge is 2.26. The first-order valence-electron chi connectivity index (χ1n) is 12.7. The zero-order valence-corrected chi connectivity index (χ0v) is 20.5. The van der Waals surface area contributed by atoms with Crippen LogP contribution in [0.4, 0.5) is 10.1 Å². The van der Waals surface area contributed by atoms with Gasteiger partial charge in [0.15, 0.2) is 0 Å². The molecule has 0 bridgehead atoms. The van der Waals surface area contributed by atoms with E-state index in [-0.39, 0.29) is 24.1 Å². The third-order valence-corrected chi connectivity index (χ3v) is 7.18. The van der Waals surface area contributed by atoms with Gasteiger partial charge in [0, 0.05) is 25.3 Å². The van der Waals surface area contributed by atoms with E-state index in [4.69, 9.17) is 4.74 Å². The second-order valence-electron chi connectivity index (χ2n) is 9.69. The zero-order valence-electron chi connectivity index (χ0n) is 20.5. The normalized spacial score (nSPS) is 16.5. The van der Waals surface area contributed by atoms with Gasteiger partial charge in [-0.25, -0.2) is 4.39 Å². The van der Waals surface area contributed by atoms with Crippen LogP contribution in [0.5, 0.6) is 5.75 Å². The van der Waals surface area contributed by atoms with Gasteiger partial charge < -0.3 is 20.3 Å². The largest absolute Gasteiger partial charge is 0.497 e. The summed E-state index contributed by atoms with van der Waals surface area (Å²) in [6.07, 6.45) is 7.55. The number of methoxy groups -OCH3 is 1. The maximum absolute atomic E-state index is 13.5. The van der Waals surface area contributed by atoms with Crippen LogP contribution in [0.15, 0.2) is 42.5 Å². The van der Waals surface area contributed by atoms with Crippen molar-refractivity contribution in [3.63, 3.8) is 0 Å². The molecule has 0 aromatic heterocycles. The Morgan fingerprint density at radius 1 is 1.11 bits per heavy atom. The number of fused-ring (bicyclic) bond motifs is 1. The number of ether oxygens (including phenoxy) is 1. The van der Waals surface area contributed by atoms with Crippen LogP contribution >= 0.6 is 0 Å². The molecule has 188 valence electrons. The summed E-state index contributed by atoms with van der Waals surface area (Å²) in [6.45, 7) is 1.95. The van der Waals surface area contributed by atoms with Gasteiger partial charge in [0.25, 0.3) is 0 Å². The van der Waals surface area contributed by atoms with E-state index in [0.717, 1.165) is 48.4 Å². The van der Waals surface area contributed by atoms with Crippen molar-refractivity contribution in [2.75, 3.05) is 31.6 Å². The van der Waals surface area contributed by atoms with Crippen LogP contribution in [0.2, 0.25) is 0 Å². The lowest BCUT2D eigenvalue weighted by atomic mass is 9.84. The van der Waals surface area contributed by atoms with Crippen molar-refractivity contribution < 1.29 is 18.7 Å². The highest BCUT2D eigenvalue weighted by Crippen LogP contribution is 2.29. The fourth-order valence-electron chi connectivity index (χ4n) is 5.27. The smallest absolute Gasteiger partial charge is 0.242 e. The topological polar surface area (TPSA) is 70.7 Å². The lowest BCUT2D eigenvalue weighted by molar-refractivity contribution is -0.129. The first-order valence-corrected chi connectivity index (χ1v) is 12.7. The van der Waals surface area contributed by atoms with Crippen molar-refractivity contribution in [1.29, 1.82) is 0 Å². The molecule has 1 aliphatic carbocycles. The standard InChI is InChI=1S/C28H36FN3O3/c1-35-24-10-7-21(8-11-24)18-27(33)31-25(17-20-5-3-2-4-6-20)28(34)30-14-16-32-15-13-22-19-23(29)9-12-26(22)32/h7-12,19-20,25H,2-6,13-18H2,1H3,(H,30,34)(H,31,33). The van der Waals surface area contributed by atoms with Gasteiger partial charge in [-0.2, -0.15) is 0 Å². The summed E-state index contributed by atoms with van der Waals surface area (Å²) in [5.74, 6) is 0.712. The highest BCUT2D eigenvalue weighted by molar-refractivity contribution is 5.88. The van der Waals surface area contributed by atoms with Crippen LogP contribution in [-0.4, -0.2) is 44.6 Å². The molecule has 2 aromatic carbocycles.